The summed E-state index contributed by atoms with van der Waals surface area (Å²) < 4.78 is 5.06. The second-order valence-electron chi connectivity index (χ2n) is 5.78. The molecule has 1 rings (SSSR count). The molecule has 0 bridgehead atoms. The van der Waals surface area contributed by atoms with Gasteiger partial charge in [-0.05, 0) is 19.3 Å². The molecule has 134 valence electrons. The van der Waals surface area contributed by atoms with Crippen LogP contribution in [-0.2, 0) is 19.1 Å². The summed E-state index contributed by atoms with van der Waals surface area (Å²) in [7, 11) is 0. The molecule has 2 atom stereocenters. The van der Waals surface area contributed by atoms with Crippen molar-refractivity contribution >= 4 is 24.1 Å². The third-order valence-corrected chi connectivity index (χ3v) is 3.86. The Morgan fingerprint density at radius 2 is 2.21 bits per heavy atom. The van der Waals surface area contributed by atoms with Gasteiger partial charge in [0.2, 0.25) is 5.91 Å². The predicted octanol–water partition coefficient (Wildman–Crippen LogP) is 2.36. The summed E-state index contributed by atoms with van der Waals surface area (Å²) in [6, 6.07) is -0.969. The molecule has 0 fully saturated rings. The van der Waals surface area contributed by atoms with Crippen LogP contribution in [0.25, 0.3) is 0 Å². The van der Waals surface area contributed by atoms with Crippen LogP contribution in [0.2, 0.25) is 0 Å². The third kappa shape index (κ3) is 6.14. The fourth-order valence-electron chi connectivity index (χ4n) is 2.55. The molecule has 0 radical (unpaired) electrons. The maximum absolute atomic E-state index is 12.5. The summed E-state index contributed by atoms with van der Waals surface area (Å²) in [5.74, 6) is -2.59. The van der Waals surface area contributed by atoms with Gasteiger partial charge in [0, 0.05) is 12.6 Å². The fourth-order valence-corrected chi connectivity index (χ4v) is 2.55. The van der Waals surface area contributed by atoms with Crippen molar-refractivity contribution in [2.75, 3.05) is 6.61 Å². The number of amides is 1. The van der Waals surface area contributed by atoms with E-state index in [1.165, 1.54) is 12.3 Å². The van der Waals surface area contributed by atoms with Crippen LogP contribution in [0.4, 0.5) is 0 Å². The van der Waals surface area contributed by atoms with Crippen LogP contribution in [-0.4, -0.2) is 46.8 Å². The number of rotatable bonds is 10. The maximum atomic E-state index is 12.5. The highest BCUT2D eigenvalue weighted by molar-refractivity contribution is 5.88. The van der Waals surface area contributed by atoms with Crippen molar-refractivity contribution in [1.29, 1.82) is 0 Å². The van der Waals surface area contributed by atoms with E-state index in [0.29, 0.717) is 19.3 Å². The number of nitrogens with zero attached hydrogens (tertiary/aromatic N) is 2. The average molecular weight is 338 g/mol. The summed E-state index contributed by atoms with van der Waals surface area (Å²) in [4.78, 5) is 35.9. The number of carbonyl (C=O) groups excluding carboxylic acids is 2. The number of carboxylic acid groups (broad SMARTS) is 1. The van der Waals surface area contributed by atoms with Crippen LogP contribution in [0.1, 0.15) is 51.9 Å². The Morgan fingerprint density at radius 3 is 2.83 bits per heavy atom. The molecule has 7 heteroatoms. The van der Waals surface area contributed by atoms with Crippen LogP contribution >= 0.6 is 0 Å². The normalized spacial score (nSPS) is 18.0. The minimum atomic E-state index is -1.09. The molecule has 0 aliphatic carbocycles. The number of carboxylic acids is 1. The number of hydrogen-bond acceptors (Lipinski definition) is 5. The Morgan fingerprint density at radius 1 is 1.46 bits per heavy atom. The first kappa shape index (κ1) is 19.9. The Balaban J connectivity index is 2.75. The van der Waals surface area contributed by atoms with Gasteiger partial charge in [0.15, 0.2) is 6.04 Å². The van der Waals surface area contributed by atoms with E-state index in [2.05, 4.69) is 18.6 Å². The van der Waals surface area contributed by atoms with E-state index in [1.807, 2.05) is 0 Å². The van der Waals surface area contributed by atoms with Gasteiger partial charge in [-0.3, -0.25) is 9.59 Å². The molecule has 0 spiro atoms. The molecule has 1 amide bonds. The van der Waals surface area contributed by atoms with E-state index in [4.69, 9.17) is 4.74 Å². The van der Waals surface area contributed by atoms with Crippen LogP contribution in [0, 0.1) is 5.92 Å². The third-order valence-electron chi connectivity index (χ3n) is 3.86. The average Bonchev–Trinajstić information content (AvgIpc) is 2.58. The number of ether oxygens (including phenoxy) is 1. The SMILES string of the molecule is C=CCOC(=O)[C@H](CCCCC)CC(=O)N1N=CCC[C@H]1C(=O)O. The first-order chi connectivity index (χ1) is 11.5. The molecule has 7 nitrogen and oxygen atoms in total. The molecule has 1 N–H and O–H groups in total. The van der Waals surface area contributed by atoms with E-state index in [-0.39, 0.29) is 13.0 Å². The number of esters is 1. The molecule has 0 aromatic carbocycles. The van der Waals surface area contributed by atoms with Crippen molar-refractivity contribution in [3.05, 3.63) is 12.7 Å². The van der Waals surface area contributed by atoms with Crippen molar-refractivity contribution in [3.8, 4) is 0 Å². The highest BCUT2D eigenvalue weighted by Crippen LogP contribution is 2.21. The zero-order valence-electron chi connectivity index (χ0n) is 14.1. The molecule has 0 unspecified atom stereocenters. The second kappa shape index (κ2) is 10.6. The van der Waals surface area contributed by atoms with Gasteiger partial charge in [0.25, 0.3) is 0 Å². The Hall–Kier alpha value is -2.18. The zero-order valence-corrected chi connectivity index (χ0v) is 14.1. The largest absolute Gasteiger partial charge is 0.480 e. The van der Waals surface area contributed by atoms with Crippen LogP contribution in [0.5, 0.6) is 0 Å². The van der Waals surface area contributed by atoms with Crippen LogP contribution < -0.4 is 0 Å². The molecule has 0 saturated carbocycles. The number of hydrogen-bond donors (Lipinski definition) is 1. The van der Waals surface area contributed by atoms with E-state index in [1.54, 1.807) is 0 Å². The smallest absolute Gasteiger partial charge is 0.328 e. The van der Waals surface area contributed by atoms with Gasteiger partial charge in [-0.25, -0.2) is 9.80 Å². The lowest BCUT2D eigenvalue weighted by molar-refractivity contribution is -0.154. The minimum absolute atomic E-state index is 0.0942. The summed E-state index contributed by atoms with van der Waals surface area (Å²) in [6.07, 6.45) is 7.04. The molecular formula is C17H26N2O5. The molecule has 24 heavy (non-hydrogen) atoms. The topological polar surface area (TPSA) is 96.3 Å². The summed E-state index contributed by atoms with van der Waals surface area (Å²) >= 11 is 0. The number of hydrazone groups is 1. The summed E-state index contributed by atoms with van der Waals surface area (Å²) in [5.41, 5.74) is 0. The van der Waals surface area contributed by atoms with Gasteiger partial charge in [0.1, 0.15) is 6.61 Å². The Bertz CT molecular complexity index is 489. The Kier molecular flexibility index (Phi) is 8.75. The van der Waals surface area contributed by atoms with Gasteiger partial charge >= 0.3 is 11.9 Å². The fraction of sp³-hybridized carbons (Fsp3) is 0.647. The van der Waals surface area contributed by atoms with E-state index >= 15 is 0 Å². The van der Waals surface area contributed by atoms with E-state index < -0.39 is 29.8 Å². The zero-order chi connectivity index (χ0) is 17.9. The summed E-state index contributed by atoms with van der Waals surface area (Å²) in [6.45, 7) is 5.64. The quantitative estimate of drug-likeness (QED) is 0.375. The molecule has 1 heterocycles. The second-order valence-corrected chi connectivity index (χ2v) is 5.78. The van der Waals surface area contributed by atoms with Gasteiger partial charge in [-0.1, -0.05) is 38.8 Å². The van der Waals surface area contributed by atoms with E-state index in [9.17, 15) is 19.5 Å². The van der Waals surface area contributed by atoms with Crippen molar-refractivity contribution in [2.45, 2.75) is 57.9 Å². The molecule has 0 aromatic heterocycles. The standard InChI is InChI=1S/C17H26N2O5/c1-3-5-6-8-13(17(23)24-11-4-2)12-15(20)19-14(16(21)22)9-7-10-18-19/h4,10,13-14H,2-3,5-9,11-12H2,1H3,(H,21,22)/t13-,14+/m1/s1. The molecule has 0 aromatic rings. The lowest BCUT2D eigenvalue weighted by Gasteiger charge is -2.28. The lowest BCUT2D eigenvalue weighted by Crippen LogP contribution is -2.44. The van der Waals surface area contributed by atoms with Gasteiger partial charge in [0.05, 0.1) is 5.92 Å². The maximum Gasteiger partial charge on any atom is 0.328 e. The van der Waals surface area contributed by atoms with E-state index in [0.717, 1.165) is 24.3 Å². The molecule has 1 aliphatic heterocycles. The highest BCUT2D eigenvalue weighted by atomic mass is 16.5. The first-order valence-corrected chi connectivity index (χ1v) is 8.36. The first-order valence-electron chi connectivity index (χ1n) is 8.36. The molecule has 0 saturated heterocycles. The number of carbonyl (C=O) groups is 3. The Labute approximate surface area is 142 Å². The van der Waals surface area contributed by atoms with Crippen molar-refractivity contribution in [2.24, 2.45) is 11.0 Å². The minimum Gasteiger partial charge on any atom is -0.480 e. The highest BCUT2D eigenvalue weighted by Gasteiger charge is 2.33. The molecular weight excluding hydrogens is 312 g/mol. The number of unbranched alkanes of at least 4 members (excludes halogenated alkanes) is 2. The lowest BCUT2D eigenvalue weighted by atomic mass is 9.96. The van der Waals surface area contributed by atoms with Crippen molar-refractivity contribution in [3.63, 3.8) is 0 Å². The van der Waals surface area contributed by atoms with Gasteiger partial charge < -0.3 is 9.84 Å². The van der Waals surface area contributed by atoms with Crippen LogP contribution in [0.15, 0.2) is 17.8 Å². The monoisotopic (exact) mass is 338 g/mol. The van der Waals surface area contributed by atoms with Crippen molar-refractivity contribution in [1.82, 2.24) is 5.01 Å². The van der Waals surface area contributed by atoms with Gasteiger partial charge in [-0.2, -0.15) is 5.10 Å². The predicted molar refractivity (Wildman–Crippen MR) is 89.4 cm³/mol. The molecule has 1 aliphatic rings. The number of aliphatic carboxylic acids is 1. The summed E-state index contributed by atoms with van der Waals surface area (Å²) in [5, 5.41) is 14.1. The van der Waals surface area contributed by atoms with Crippen molar-refractivity contribution < 1.29 is 24.2 Å². The van der Waals surface area contributed by atoms with Crippen LogP contribution in [0.3, 0.4) is 0 Å². The van der Waals surface area contributed by atoms with Gasteiger partial charge in [-0.15, -0.1) is 0 Å².